The number of hydrogen-bond acceptors (Lipinski definition) is 5. The van der Waals surface area contributed by atoms with Crippen LogP contribution in [0.3, 0.4) is 0 Å². The van der Waals surface area contributed by atoms with E-state index in [4.69, 9.17) is 16.3 Å². The van der Waals surface area contributed by atoms with Gasteiger partial charge in [-0.1, -0.05) is 34.3 Å². The number of rotatable bonds is 4. The van der Waals surface area contributed by atoms with Crippen molar-refractivity contribution in [3.05, 3.63) is 45.4 Å². The number of carbonyl (C=O) groups is 1. The molecule has 1 aliphatic rings. The molecule has 2 aromatic rings. The van der Waals surface area contributed by atoms with Crippen molar-refractivity contribution in [3.63, 3.8) is 0 Å². The van der Waals surface area contributed by atoms with E-state index in [-0.39, 0.29) is 12.6 Å². The third-order valence-electron chi connectivity index (χ3n) is 2.98. The van der Waals surface area contributed by atoms with Crippen molar-refractivity contribution in [2.45, 2.75) is 25.4 Å². The molecule has 1 aromatic carbocycles. The summed E-state index contributed by atoms with van der Waals surface area (Å²) in [7, 11) is 0. The highest BCUT2D eigenvalue weighted by Gasteiger charge is 2.32. The Kier molecular flexibility index (Phi) is 3.48. The van der Waals surface area contributed by atoms with Crippen LogP contribution in [0.1, 0.15) is 39.7 Å². The van der Waals surface area contributed by atoms with Gasteiger partial charge in [-0.25, -0.2) is 4.79 Å². The fourth-order valence-corrected chi connectivity index (χ4v) is 2.62. The van der Waals surface area contributed by atoms with Gasteiger partial charge < -0.3 is 4.74 Å². The Hall–Kier alpha value is -1.46. The van der Waals surface area contributed by atoms with Crippen molar-refractivity contribution in [2.24, 2.45) is 0 Å². The van der Waals surface area contributed by atoms with Crippen LogP contribution < -0.4 is 0 Å². The van der Waals surface area contributed by atoms with E-state index in [0.29, 0.717) is 15.8 Å². The van der Waals surface area contributed by atoms with Gasteiger partial charge in [-0.2, -0.15) is 0 Å². The highest BCUT2D eigenvalue weighted by atomic mass is 35.5. The second-order valence-electron chi connectivity index (χ2n) is 4.43. The molecule has 4 nitrogen and oxygen atoms in total. The summed E-state index contributed by atoms with van der Waals surface area (Å²) in [5.41, 5.74) is 1.58. The van der Waals surface area contributed by atoms with Crippen LogP contribution in [0.25, 0.3) is 0 Å². The number of aromatic nitrogens is 2. The lowest BCUT2D eigenvalue weighted by atomic mass is 10.2. The minimum atomic E-state index is -0.364. The van der Waals surface area contributed by atoms with Gasteiger partial charge in [-0.15, -0.1) is 5.10 Å². The van der Waals surface area contributed by atoms with Crippen LogP contribution >= 0.6 is 23.1 Å². The van der Waals surface area contributed by atoms with E-state index in [0.717, 1.165) is 35.6 Å². The Morgan fingerprint density at radius 3 is 2.95 bits per heavy atom. The first-order chi connectivity index (χ1) is 9.25. The Morgan fingerprint density at radius 2 is 2.21 bits per heavy atom. The standard InChI is InChI=1S/C13H11ClN2O2S/c14-10-4-2-1-3-9(10)7-18-13(17)12-11(8-5-6-8)15-16-19-12/h1-4,8H,5-7H2. The van der Waals surface area contributed by atoms with E-state index in [9.17, 15) is 4.79 Å². The van der Waals surface area contributed by atoms with Crippen molar-refractivity contribution in [1.82, 2.24) is 9.59 Å². The van der Waals surface area contributed by atoms with Gasteiger partial charge in [-0.3, -0.25) is 0 Å². The molecule has 98 valence electrons. The molecule has 1 aliphatic carbocycles. The zero-order valence-corrected chi connectivity index (χ0v) is 11.6. The molecule has 0 aliphatic heterocycles. The van der Waals surface area contributed by atoms with Crippen LogP contribution in [0.4, 0.5) is 0 Å². The smallest absolute Gasteiger partial charge is 0.352 e. The molecule has 0 saturated heterocycles. The summed E-state index contributed by atoms with van der Waals surface area (Å²) in [4.78, 5) is 12.5. The Morgan fingerprint density at radius 1 is 1.42 bits per heavy atom. The van der Waals surface area contributed by atoms with E-state index in [2.05, 4.69) is 9.59 Å². The molecule has 1 heterocycles. The normalized spacial score (nSPS) is 14.4. The number of benzene rings is 1. The van der Waals surface area contributed by atoms with Gasteiger partial charge in [0.2, 0.25) is 0 Å². The first-order valence-electron chi connectivity index (χ1n) is 5.98. The molecule has 0 atom stereocenters. The van der Waals surface area contributed by atoms with Crippen LogP contribution in [0, 0.1) is 0 Å². The van der Waals surface area contributed by atoms with E-state index in [1.54, 1.807) is 6.07 Å². The first kappa shape index (κ1) is 12.6. The summed E-state index contributed by atoms with van der Waals surface area (Å²) in [6.45, 7) is 0.167. The second kappa shape index (κ2) is 5.27. The molecule has 1 aromatic heterocycles. The van der Waals surface area contributed by atoms with Crippen molar-refractivity contribution in [1.29, 1.82) is 0 Å². The summed E-state index contributed by atoms with van der Waals surface area (Å²) in [5.74, 6) is 0.0263. The lowest BCUT2D eigenvalue weighted by molar-refractivity contribution is 0.0477. The third-order valence-corrected chi connectivity index (χ3v) is 4.07. The average Bonchev–Trinajstić information content (AvgIpc) is 3.15. The summed E-state index contributed by atoms with van der Waals surface area (Å²) in [6, 6.07) is 7.31. The summed E-state index contributed by atoms with van der Waals surface area (Å²) < 4.78 is 9.12. The van der Waals surface area contributed by atoms with Gasteiger partial charge in [0.05, 0.1) is 5.69 Å². The minimum Gasteiger partial charge on any atom is -0.456 e. The van der Waals surface area contributed by atoms with Crippen LogP contribution in [-0.4, -0.2) is 15.6 Å². The molecule has 0 unspecified atom stereocenters. The molecule has 6 heteroatoms. The minimum absolute atomic E-state index is 0.167. The lowest BCUT2D eigenvalue weighted by Gasteiger charge is -2.05. The molecule has 0 spiro atoms. The maximum atomic E-state index is 12.0. The molecule has 19 heavy (non-hydrogen) atoms. The zero-order valence-electron chi connectivity index (χ0n) is 10.0. The molecule has 1 saturated carbocycles. The predicted octanol–water partition coefficient (Wildman–Crippen LogP) is 3.43. The quantitative estimate of drug-likeness (QED) is 0.811. The van der Waals surface area contributed by atoms with E-state index in [1.807, 2.05) is 18.2 Å². The largest absolute Gasteiger partial charge is 0.456 e. The molecular weight excluding hydrogens is 284 g/mol. The van der Waals surface area contributed by atoms with E-state index in [1.165, 1.54) is 0 Å². The van der Waals surface area contributed by atoms with Crippen LogP contribution in [0.15, 0.2) is 24.3 Å². The SMILES string of the molecule is O=C(OCc1ccccc1Cl)c1snnc1C1CC1. The molecule has 0 bridgehead atoms. The van der Waals surface area contributed by atoms with Gasteiger partial charge in [0.15, 0.2) is 4.88 Å². The van der Waals surface area contributed by atoms with Crippen LogP contribution in [-0.2, 0) is 11.3 Å². The molecule has 1 fully saturated rings. The van der Waals surface area contributed by atoms with Crippen LogP contribution in [0.5, 0.6) is 0 Å². The first-order valence-corrected chi connectivity index (χ1v) is 7.13. The number of hydrogen-bond donors (Lipinski definition) is 0. The van der Waals surface area contributed by atoms with Gasteiger partial charge in [0, 0.05) is 16.5 Å². The predicted molar refractivity (Wildman–Crippen MR) is 72.5 cm³/mol. The van der Waals surface area contributed by atoms with E-state index >= 15 is 0 Å². The highest BCUT2D eigenvalue weighted by Crippen LogP contribution is 2.41. The maximum Gasteiger partial charge on any atom is 0.352 e. The van der Waals surface area contributed by atoms with Gasteiger partial charge >= 0.3 is 5.97 Å². The zero-order chi connectivity index (χ0) is 13.2. The number of carbonyl (C=O) groups excluding carboxylic acids is 1. The Balaban J connectivity index is 1.68. The van der Waals surface area contributed by atoms with Gasteiger partial charge in [-0.05, 0) is 30.4 Å². The summed E-state index contributed by atoms with van der Waals surface area (Å²) in [5, 5.41) is 4.61. The fourth-order valence-electron chi connectivity index (χ4n) is 1.79. The van der Waals surface area contributed by atoms with Gasteiger partial charge in [0.1, 0.15) is 6.61 Å². The van der Waals surface area contributed by atoms with E-state index < -0.39 is 0 Å². The summed E-state index contributed by atoms with van der Waals surface area (Å²) in [6.07, 6.45) is 2.16. The summed E-state index contributed by atoms with van der Waals surface area (Å²) >= 11 is 7.11. The number of nitrogens with zero attached hydrogens (tertiary/aromatic N) is 2. The topological polar surface area (TPSA) is 52.1 Å². The number of halogens is 1. The van der Waals surface area contributed by atoms with Crippen molar-refractivity contribution >= 4 is 29.1 Å². The van der Waals surface area contributed by atoms with Crippen molar-refractivity contribution in [2.75, 3.05) is 0 Å². The molecule has 3 rings (SSSR count). The number of esters is 1. The average molecular weight is 295 g/mol. The Bertz CT molecular complexity index is 610. The van der Waals surface area contributed by atoms with Crippen molar-refractivity contribution in [3.8, 4) is 0 Å². The molecular formula is C13H11ClN2O2S. The monoisotopic (exact) mass is 294 g/mol. The number of ether oxygens (including phenoxy) is 1. The van der Waals surface area contributed by atoms with Gasteiger partial charge in [0.25, 0.3) is 0 Å². The maximum absolute atomic E-state index is 12.0. The molecule has 0 radical (unpaired) electrons. The van der Waals surface area contributed by atoms with Crippen molar-refractivity contribution < 1.29 is 9.53 Å². The lowest BCUT2D eigenvalue weighted by Crippen LogP contribution is -2.06. The third kappa shape index (κ3) is 2.77. The second-order valence-corrected chi connectivity index (χ2v) is 5.59. The Labute approximate surface area is 119 Å². The van der Waals surface area contributed by atoms with Crippen LogP contribution in [0.2, 0.25) is 5.02 Å². The molecule has 0 N–H and O–H groups in total. The highest BCUT2D eigenvalue weighted by molar-refractivity contribution is 7.07. The fraction of sp³-hybridized carbons (Fsp3) is 0.308. The molecule has 0 amide bonds.